The zero-order chi connectivity index (χ0) is 25.9. The molecular weight excluding hydrogens is 521 g/mol. The molecule has 0 radical (unpaired) electrons. The number of nitrogens with one attached hydrogen (secondary N) is 1. The zero-order valence-electron chi connectivity index (χ0n) is 21.0. The van der Waals surface area contributed by atoms with Crippen molar-refractivity contribution in [1.82, 2.24) is 19.4 Å². The van der Waals surface area contributed by atoms with Crippen LogP contribution in [0.3, 0.4) is 0 Å². The minimum atomic E-state index is -0.177. The van der Waals surface area contributed by atoms with Gasteiger partial charge in [0, 0.05) is 11.7 Å². The summed E-state index contributed by atoms with van der Waals surface area (Å²) in [4.78, 5) is 31.6. The Morgan fingerprint density at radius 3 is 2.38 bits per heavy atom. The van der Waals surface area contributed by atoms with Gasteiger partial charge >= 0.3 is 0 Å². The van der Waals surface area contributed by atoms with Gasteiger partial charge in [0.2, 0.25) is 5.91 Å². The average molecular weight is 551 g/mol. The molecule has 0 bridgehead atoms. The van der Waals surface area contributed by atoms with Crippen LogP contribution < -0.4 is 10.9 Å². The predicted molar refractivity (Wildman–Crippen MR) is 155 cm³/mol. The van der Waals surface area contributed by atoms with Crippen molar-refractivity contribution in [2.75, 3.05) is 5.75 Å². The molecule has 0 aliphatic heterocycles. The topological polar surface area (TPSA) is 68.9 Å². The first kappa shape index (κ1) is 25.9. The van der Waals surface area contributed by atoms with Gasteiger partial charge in [-0.05, 0) is 68.2 Å². The average Bonchev–Trinajstić information content (AvgIpc) is 3.25. The van der Waals surface area contributed by atoms with Crippen LogP contribution >= 0.6 is 35.3 Å². The first-order chi connectivity index (χ1) is 17.9. The number of aromatic nitrogens is 3. The maximum Gasteiger partial charge on any atom is 0.278 e. The second-order valence-corrected chi connectivity index (χ2v) is 12.0. The van der Waals surface area contributed by atoms with Gasteiger partial charge in [0.1, 0.15) is 4.70 Å². The molecular formula is C28H30N4O2S3. The Bertz CT molecular complexity index is 1530. The van der Waals surface area contributed by atoms with E-state index >= 15 is 0 Å². The van der Waals surface area contributed by atoms with Crippen molar-refractivity contribution in [3.05, 3.63) is 74.0 Å². The maximum atomic E-state index is 13.9. The number of hydrogen-bond donors (Lipinski definition) is 1. The van der Waals surface area contributed by atoms with Gasteiger partial charge in [0.15, 0.2) is 14.8 Å². The fourth-order valence-electron chi connectivity index (χ4n) is 4.71. The van der Waals surface area contributed by atoms with Crippen molar-refractivity contribution in [2.24, 2.45) is 0 Å². The molecule has 0 unspecified atom stereocenters. The lowest BCUT2D eigenvalue weighted by Gasteiger charge is -2.22. The van der Waals surface area contributed by atoms with E-state index in [1.165, 1.54) is 35.1 Å². The Labute approximate surface area is 229 Å². The third-order valence-electron chi connectivity index (χ3n) is 6.77. The summed E-state index contributed by atoms with van der Waals surface area (Å²) < 4.78 is 4.54. The van der Waals surface area contributed by atoms with Crippen LogP contribution in [0.1, 0.15) is 50.2 Å². The minimum Gasteiger partial charge on any atom is -0.353 e. The normalized spacial score (nSPS) is 14.2. The van der Waals surface area contributed by atoms with Gasteiger partial charge in [0.25, 0.3) is 5.56 Å². The molecule has 37 heavy (non-hydrogen) atoms. The fraction of sp³-hybridized carbons (Fsp3) is 0.357. The number of thioether (sulfide) groups is 1. The van der Waals surface area contributed by atoms with Gasteiger partial charge in [-0.25, -0.2) is 4.98 Å². The van der Waals surface area contributed by atoms with E-state index in [0.717, 1.165) is 49.0 Å². The van der Waals surface area contributed by atoms with Crippen molar-refractivity contribution >= 4 is 51.6 Å². The van der Waals surface area contributed by atoms with Gasteiger partial charge < -0.3 is 5.32 Å². The summed E-state index contributed by atoms with van der Waals surface area (Å²) in [5, 5.41) is 3.64. The van der Waals surface area contributed by atoms with Crippen LogP contribution in [-0.2, 0) is 11.2 Å². The molecule has 6 nitrogen and oxygen atoms in total. The van der Waals surface area contributed by atoms with Crippen molar-refractivity contribution < 1.29 is 4.79 Å². The van der Waals surface area contributed by atoms with Crippen molar-refractivity contribution in [3.63, 3.8) is 0 Å². The fourth-order valence-corrected chi connectivity index (χ4v) is 6.83. The van der Waals surface area contributed by atoms with E-state index in [-0.39, 0.29) is 23.3 Å². The van der Waals surface area contributed by atoms with Crippen LogP contribution in [0.25, 0.3) is 21.7 Å². The first-order valence-corrected chi connectivity index (χ1v) is 14.9. The second-order valence-electron chi connectivity index (χ2n) is 9.44. The quantitative estimate of drug-likeness (QED) is 0.164. The number of amides is 1. The smallest absolute Gasteiger partial charge is 0.278 e. The minimum absolute atomic E-state index is 0.0287. The molecule has 2 heterocycles. The molecule has 1 fully saturated rings. The molecule has 0 atom stereocenters. The molecule has 1 aliphatic carbocycles. The maximum absolute atomic E-state index is 13.9. The lowest BCUT2D eigenvalue weighted by atomic mass is 9.95. The van der Waals surface area contributed by atoms with Crippen LogP contribution in [0.15, 0.2) is 58.5 Å². The summed E-state index contributed by atoms with van der Waals surface area (Å²) in [6.45, 7) is 4.12. The van der Waals surface area contributed by atoms with Crippen LogP contribution in [0.2, 0.25) is 0 Å². The summed E-state index contributed by atoms with van der Waals surface area (Å²) in [5.74, 6) is 0.162. The third kappa shape index (κ3) is 5.58. The Morgan fingerprint density at radius 2 is 1.70 bits per heavy atom. The number of nitrogens with zero attached hydrogens (tertiary/aromatic N) is 3. The molecule has 1 saturated carbocycles. The number of hydrogen-bond acceptors (Lipinski definition) is 6. The number of carbonyl (C=O) groups excluding carboxylic acids is 1. The molecule has 192 valence electrons. The number of fused-ring (bicyclic) bond motifs is 1. The van der Waals surface area contributed by atoms with E-state index in [1.807, 2.05) is 47.9 Å². The highest BCUT2D eigenvalue weighted by Gasteiger charge is 2.21. The standard InChI is InChI=1S/C28H30N4O2S3/c1-3-19-11-15-21(16-12-19)31-25-24(37-28(31)35)26(34)32(22-13-9-18(2)10-14-22)27(30-25)36-17-23(33)29-20-7-5-4-6-8-20/h9-16,20H,3-8,17H2,1-2H3,(H,29,33). The Morgan fingerprint density at radius 1 is 1.05 bits per heavy atom. The van der Waals surface area contributed by atoms with E-state index in [1.54, 1.807) is 4.57 Å². The molecule has 4 aromatic rings. The molecule has 0 spiro atoms. The van der Waals surface area contributed by atoms with Crippen LogP contribution in [0.5, 0.6) is 0 Å². The van der Waals surface area contributed by atoms with Gasteiger partial charge in [-0.3, -0.25) is 18.7 Å². The predicted octanol–water partition coefficient (Wildman–Crippen LogP) is 6.38. The summed E-state index contributed by atoms with van der Waals surface area (Å²) in [7, 11) is 0. The lowest BCUT2D eigenvalue weighted by Crippen LogP contribution is -2.37. The van der Waals surface area contributed by atoms with Gasteiger partial charge in [-0.1, -0.05) is 79.1 Å². The summed E-state index contributed by atoms with van der Waals surface area (Å²) >= 11 is 8.26. The summed E-state index contributed by atoms with van der Waals surface area (Å²) in [6.07, 6.45) is 6.55. The monoisotopic (exact) mass is 550 g/mol. The number of aryl methyl sites for hydroxylation is 2. The highest BCUT2D eigenvalue weighted by molar-refractivity contribution is 7.99. The first-order valence-electron chi connectivity index (χ1n) is 12.7. The van der Waals surface area contributed by atoms with Crippen LogP contribution in [-0.4, -0.2) is 31.8 Å². The van der Waals surface area contributed by atoms with E-state index in [4.69, 9.17) is 17.2 Å². The van der Waals surface area contributed by atoms with Gasteiger partial charge in [-0.15, -0.1) is 0 Å². The number of thiazole rings is 1. The molecule has 1 amide bonds. The molecule has 5 rings (SSSR count). The van der Waals surface area contributed by atoms with E-state index in [9.17, 15) is 9.59 Å². The van der Waals surface area contributed by atoms with Crippen LogP contribution in [0.4, 0.5) is 0 Å². The van der Waals surface area contributed by atoms with Crippen molar-refractivity contribution in [1.29, 1.82) is 0 Å². The SMILES string of the molecule is CCc1ccc(-n2c(=S)sc3c(=O)n(-c4ccc(C)cc4)c(SCC(=O)NC4CCCCC4)nc32)cc1. The molecule has 2 aromatic heterocycles. The van der Waals surface area contributed by atoms with E-state index in [2.05, 4.69) is 24.4 Å². The number of rotatable bonds is 7. The van der Waals surface area contributed by atoms with Crippen LogP contribution in [0, 0.1) is 10.9 Å². The van der Waals surface area contributed by atoms with E-state index < -0.39 is 0 Å². The molecule has 1 aliphatic rings. The largest absolute Gasteiger partial charge is 0.353 e. The number of carbonyl (C=O) groups is 1. The zero-order valence-corrected chi connectivity index (χ0v) is 23.5. The molecule has 2 aromatic carbocycles. The number of benzene rings is 2. The Balaban J connectivity index is 1.57. The second kappa shape index (κ2) is 11.3. The third-order valence-corrected chi connectivity index (χ3v) is 9.06. The summed E-state index contributed by atoms with van der Waals surface area (Å²) in [5.41, 5.74) is 4.28. The lowest BCUT2D eigenvalue weighted by molar-refractivity contribution is -0.119. The highest BCUT2D eigenvalue weighted by Crippen LogP contribution is 2.28. The van der Waals surface area contributed by atoms with Crippen molar-refractivity contribution in [2.45, 2.75) is 63.6 Å². The van der Waals surface area contributed by atoms with Gasteiger partial charge in [0.05, 0.1) is 11.4 Å². The van der Waals surface area contributed by atoms with Gasteiger partial charge in [-0.2, -0.15) is 0 Å². The highest BCUT2D eigenvalue weighted by atomic mass is 32.2. The Kier molecular flexibility index (Phi) is 7.92. The van der Waals surface area contributed by atoms with E-state index in [0.29, 0.717) is 19.5 Å². The summed E-state index contributed by atoms with van der Waals surface area (Å²) in [6, 6.07) is 16.2. The Hall–Kier alpha value is -2.75. The molecule has 1 N–H and O–H groups in total. The van der Waals surface area contributed by atoms with Crippen molar-refractivity contribution in [3.8, 4) is 11.4 Å². The molecule has 0 saturated heterocycles. The molecule has 9 heteroatoms.